The van der Waals surface area contributed by atoms with Crippen LogP contribution in [0.4, 0.5) is 0 Å². The first-order chi connectivity index (χ1) is 31.4. The van der Waals surface area contributed by atoms with E-state index in [9.17, 15) is 38.4 Å². The van der Waals surface area contributed by atoms with Crippen molar-refractivity contribution >= 4 is 59.3 Å². The van der Waals surface area contributed by atoms with E-state index in [1.807, 2.05) is 0 Å². The average Bonchev–Trinajstić information content (AvgIpc) is 3.27. The first-order valence-corrected chi connectivity index (χ1v) is 26.0. The highest BCUT2D eigenvalue weighted by Crippen LogP contribution is 2.16. The molecule has 17 heteroatoms. The van der Waals surface area contributed by atoms with Crippen LogP contribution < -0.4 is 21.3 Å². The van der Waals surface area contributed by atoms with Gasteiger partial charge in [-0.3, -0.25) is 33.6 Å². The van der Waals surface area contributed by atoms with Gasteiger partial charge in [0.15, 0.2) is 0 Å². The van der Waals surface area contributed by atoms with Crippen molar-refractivity contribution < 1.29 is 58.0 Å². The van der Waals surface area contributed by atoms with Gasteiger partial charge in [0.25, 0.3) is 0 Å². The predicted octanol–water partition coefficient (Wildman–Crippen LogP) is 7.92. The van der Waals surface area contributed by atoms with E-state index >= 15 is 0 Å². The van der Waals surface area contributed by atoms with E-state index in [4.69, 9.17) is 19.7 Å². The maximum Gasteiger partial charge on any atom is 0.326 e. The number of carboxylic acid groups (broad SMARTS) is 2. The third-order valence-corrected chi connectivity index (χ3v) is 11.9. The first-order valence-electron chi connectivity index (χ1n) is 24.8. The highest BCUT2D eigenvalue weighted by molar-refractivity contribution is 8.00. The molecule has 0 radical (unpaired) electrons. The van der Waals surface area contributed by atoms with Crippen LogP contribution in [0.5, 0.6) is 0 Å². The molecule has 0 aliphatic rings. The third-order valence-electron chi connectivity index (χ3n) is 10.9. The van der Waals surface area contributed by atoms with Crippen molar-refractivity contribution in [3.8, 4) is 0 Å². The monoisotopic (exact) mass is 943 g/mol. The molecule has 0 aromatic carbocycles. The fourth-order valence-electron chi connectivity index (χ4n) is 6.96. The summed E-state index contributed by atoms with van der Waals surface area (Å²) in [5.74, 6) is -6.05. The summed E-state index contributed by atoms with van der Waals surface area (Å²) in [6.45, 7) is 2.78. The summed E-state index contributed by atoms with van der Waals surface area (Å²) in [6.07, 6.45) is 30.1. The fourth-order valence-corrected chi connectivity index (χ4v) is 7.79. The molecule has 0 rings (SSSR count). The van der Waals surface area contributed by atoms with Crippen LogP contribution in [-0.2, 0) is 47.8 Å². The molecule has 65 heavy (non-hydrogen) atoms. The minimum atomic E-state index is -1.45. The van der Waals surface area contributed by atoms with E-state index in [0.29, 0.717) is 6.42 Å². The van der Waals surface area contributed by atoms with E-state index in [-0.39, 0.29) is 49.3 Å². The molecule has 0 saturated heterocycles. The maximum absolute atomic E-state index is 12.8. The van der Waals surface area contributed by atoms with Crippen molar-refractivity contribution in [3.05, 3.63) is 0 Å². The Morgan fingerprint density at radius 2 is 0.862 bits per heavy atom. The minimum Gasteiger partial charge on any atom is -0.481 e. The van der Waals surface area contributed by atoms with Crippen LogP contribution in [0.2, 0.25) is 0 Å². The molecule has 0 bridgehead atoms. The average molecular weight is 943 g/mol. The van der Waals surface area contributed by atoms with Gasteiger partial charge in [0.1, 0.15) is 18.8 Å². The molecule has 4 amide bonds. The van der Waals surface area contributed by atoms with Gasteiger partial charge in [0.05, 0.1) is 25.4 Å². The van der Waals surface area contributed by atoms with Gasteiger partial charge in [-0.05, 0) is 19.3 Å². The lowest BCUT2D eigenvalue weighted by molar-refractivity contribution is -0.157. The van der Waals surface area contributed by atoms with Crippen molar-refractivity contribution in [2.75, 3.05) is 37.7 Å². The van der Waals surface area contributed by atoms with Crippen LogP contribution in [0, 0.1) is 0 Å². The van der Waals surface area contributed by atoms with Crippen LogP contribution in [0.15, 0.2) is 0 Å². The number of unbranched alkanes of at least 4 members (excludes halogenated alkanes) is 24. The zero-order valence-corrected chi connectivity index (χ0v) is 40.8. The van der Waals surface area contributed by atoms with E-state index in [2.05, 4.69) is 35.1 Å². The quantitative estimate of drug-likeness (QED) is 0.0251. The first kappa shape index (κ1) is 61.1. The van der Waals surface area contributed by atoms with Crippen molar-refractivity contribution in [1.82, 2.24) is 21.3 Å². The number of amides is 4. The zero-order chi connectivity index (χ0) is 48.2. The molecule has 0 aliphatic carbocycles. The number of thioether (sulfide) groups is 1. The Bertz CT molecular complexity index is 1320. The summed E-state index contributed by atoms with van der Waals surface area (Å²) in [5.41, 5.74) is 0. The molecule has 0 aromatic rings. The van der Waals surface area contributed by atoms with Crippen LogP contribution in [0.25, 0.3) is 0 Å². The Hall–Kier alpha value is -3.89. The van der Waals surface area contributed by atoms with Crippen LogP contribution >= 0.6 is 11.8 Å². The molecule has 2 atom stereocenters. The number of carbonyl (C=O) groups is 8. The predicted molar refractivity (Wildman–Crippen MR) is 254 cm³/mol. The number of hydrogen-bond donors (Lipinski definition) is 6. The third kappa shape index (κ3) is 42.5. The van der Waals surface area contributed by atoms with Crippen LogP contribution in [0.3, 0.4) is 0 Å². The second-order valence-corrected chi connectivity index (χ2v) is 18.0. The van der Waals surface area contributed by atoms with Gasteiger partial charge in [0.2, 0.25) is 23.6 Å². The van der Waals surface area contributed by atoms with Crippen LogP contribution in [-0.4, -0.2) is 108 Å². The summed E-state index contributed by atoms with van der Waals surface area (Å²) < 4.78 is 11.2. The maximum atomic E-state index is 12.8. The summed E-state index contributed by atoms with van der Waals surface area (Å²) in [7, 11) is 0. The van der Waals surface area contributed by atoms with E-state index in [1.165, 1.54) is 116 Å². The van der Waals surface area contributed by atoms with Crippen molar-refractivity contribution in [3.63, 3.8) is 0 Å². The molecule has 0 saturated carbocycles. The Morgan fingerprint density at radius 1 is 0.477 bits per heavy atom. The molecule has 376 valence electrons. The fraction of sp³-hybridized carbons (Fsp3) is 0.833. The molecule has 0 spiro atoms. The van der Waals surface area contributed by atoms with Crippen molar-refractivity contribution in [2.45, 2.75) is 219 Å². The Balaban J connectivity index is 4.62. The number of nitrogens with one attached hydrogen (secondary N) is 4. The number of hydrogen-bond acceptors (Lipinski definition) is 11. The van der Waals surface area contributed by atoms with Gasteiger partial charge in [0, 0.05) is 25.0 Å². The van der Waals surface area contributed by atoms with Gasteiger partial charge in [-0.15, -0.1) is 11.8 Å². The second-order valence-electron chi connectivity index (χ2n) is 17.0. The van der Waals surface area contributed by atoms with Crippen molar-refractivity contribution in [2.24, 2.45) is 0 Å². The number of aliphatic carboxylic acids is 2. The summed E-state index contributed by atoms with van der Waals surface area (Å²) in [4.78, 5) is 96.1. The molecule has 0 aromatic heterocycles. The summed E-state index contributed by atoms with van der Waals surface area (Å²) >= 11 is 1.16. The lowest BCUT2D eigenvalue weighted by atomic mass is 10.0. The molecular weight excluding hydrogens is 857 g/mol. The smallest absolute Gasteiger partial charge is 0.326 e. The molecule has 16 nitrogen and oxygen atoms in total. The number of esters is 2. The van der Waals surface area contributed by atoms with Gasteiger partial charge < -0.3 is 41.0 Å². The summed E-state index contributed by atoms with van der Waals surface area (Å²) in [5, 5.41) is 26.9. The van der Waals surface area contributed by atoms with Gasteiger partial charge in [-0.2, -0.15) is 0 Å². The van der Waals surface area contributed by atoms with Gasteiger partial charge in [-0.1, -0.05) is 168 Å². The Labute approximate surface area is 393 Å². The Kier molecular flexibility index (Phi) is 41.3. The highest BCUT2D eigenvalue weighted by atomic mass is 32.2. The molecule has 6 N–H and O–H groups in total. The topological polar surface area (TPSA) is 244 Å². The molecule has 0 aliphatic heterocycles. The Morgan fingerprint density at radius 3 is 1.28 bits per heavy atom. The SMILES string of the molecule is CCCCCCCCCCCCCCCC(=O)OCC(CSCC(=O)NCC(=O)NCC(=O)NCC(=O)N[C@@H](CCC(=O)O)C(=O)O)OC(=O)CCCCCCCCCCCCCCC. The lowest BCUT2D eigenvalue weighted by Gasteiger charge is -2.18. The normalized spacial score (nSPS) is 11.8. The molecule has 1 unspecified atom stereocenters. The largest absolute Gasteiger partial charge is 0.481 e. The van der Waals surface area contributed by atoms with Crippen LogP contribution in [0.1, 0.15) is 206 Å². The van der Waals surface area contributed by atoms with E-state index < -0.39 is 73.8 Å². The minimum absolute atomic E-state index is 0.0769. The number of carbonyl (C=O) groups excluding carboxylic acids is 6. The van der Waals surface area contributed by atoms with Gasteiger partial charge in [-0.25, -0.2) is 4.79 Å². The van der Waals surface area contributed by atoms with Gasteiger partial charge >= 0.3 is 23.9 Å². The van der Waals surface area contributed by atoms with Crippen molar-refractivity contribution in [1.29, 1.82) is 0 Å². The standard InChI is InChI=1S/C48H86N4O12S/c1-3-5-7-9-11-13-15-17-19-21-23-25-27-29-46(59)63-36-39(64-47(60)30-28-26-24-22-20-18-16-14-12-10-8-6-4-2)37-65-38-44(56)51-34-42(54)49-33-41(53)50-35-43(55)52-40(48(61)62)31-32-45(57)58/h39-40H,3-38H2,1-2H3,(H,49,54)(H,50,53)(H,51,56)(H,52,55)(H,57,58)(H,61,62)/t39?,40-/m0/s1. The number of carboxylic acids is 2. The second kappa shape index (κ2) is 44.0. The lowest BCUT2D eigenvalue weighted by Crippen LogP contribution is -2.47. The molecule has 0 fully saturated rings. The van der Waals surface area contributed by atoms with E-state index in [1.54, 1.807) is 0 Å². The number of rotatable bonds is 46. The number of ether oxygens (including phenoxy) is 2. The van der Waals surface area contributed by atoms with E-state index in [0.717, 1.165) is 56.7 Å². The summed E-state index contributed by atoms with van der Waals surface area (Å²) in [6, 6.07) is -1.45. The zero-order valence-electron chi connectivity index (χ0n) is 40.0. The molecular formula is C48H86N4O12S. The molecule has 0 heterocycles. The highest BCUT2D eigenvalue weighted by Gasteiger charge is 2.22.